The summed E-state index contributed by atoms with van der Waals surface area (Å²) in [5, 5.41) is 20.1. The maximum absolute atomic E-state index is 12.3. The van der Waals surface area contributed by atoms with Crippen LogP contribution >= 0.6 is 0 Å². The number of anilines is 1. The zero-order valence-corrected chi connectivity index (χ0v) is 14.8. The average Bonchev–Trinajstić information content (AvgIpc) is 3.15. The smallest absolute Gasteiger partial charge is 0.269 e. The van der Waals surface area contributed by atoms with Crippen molar-refractivity contribution in [3.8, 4) is 0 Å². The van der Waals surface area contributed by atoms with Gasteiger partial charge in [-0.25, -0.2) is 0 Å². The Labute approximate surface area is 160 Å². The fraction of sp³-hybridized carbons (Fsp3) is 0.0476. The van der Waals surface area contributed by atoms with Crippen LogP contribution in [0.4, 0.5) is 11.5 Å². The number of nitrogens with one attached hydrogen (secondary N) is 1. The highest BCUT2D eigenvalue weighted by atomic mass is 16.6. The van der Waals surface area contributed by atoms with Crippen molar-refractivity contribution < 1.29 is 9.72 Å². The molecule has 0 fully saturated rings. The van der Waals surface area contributed by atoms with Gasteiger partial charge in [-0.3, -0.25) is 19.6 Å². The van der Waals surface area contributed by atoms with Gasteiger partial charge in [0.2, 0.25) is 0 Å². The molecule has 0 aliphatic rings. The molecule has 0 saturated carbocycles. The first-order valence-corrected chi connectivity index (χ1v) is 8.66. The second-order valence-corrected chi connectivity index (χ2v) is 6.29. The SMILES string of the molecule is O=C(Nc1ccn(Cc2cccc3ccccc23)n1)c1ccc([N+](=O)[O-])cc1. The highest BCUT2D eigenvalue weighted by Gasteiger charge is 2.11. The number of amides is 1. The van der Waals surface area contributed by atoms with Gasteiger partial charge in [0.25, 0.3) is 11.6 Å². The molecule has 4 aromatic rings. The summed E-state index contributed by atoms with van der Waals surface area (Å²) in [6.07, 6.45) is 1.80. The van der Waals surface area contributed by atoms with E-state index in [1.54, 1.807) is 16.9 Å². The van der Waals surface area contributed by atoms with E-state index in [9.17, 15) is 14.9 Å². The van der Waals surface area contributed by atoms with Crippen LogP contribution in [0.2, 0.25) is 0 Å². The summed E-state index contributed by atoms with van der Waals surface area (Å²) < 4.78 is 1.76. The summed E-state index contributed by atoms with van der Waals surface area (Å²) in [4.78, 5) is 22.5. The molecule has 3 aromatic carbocycles. The van der Waals surface area contributed by atoms with Crippen LogP contribution in [-0.4, -0.2) is 20.6 Å². The zero-order valence-electron chi connectivity index (χ0n) is 14.8. The van der Waals surface area contributed by atoms with Crippen LogP contribution in [0.5, 0.6) is 0 Å². The topological polar surface area (TPSA) is 90.1 Å². The van der Waals surface area contributed by atoms with E-state index in [2.05, 4.69) is 34.7 Å². The van der Waals surface area contributed by atoms with E-state index in [1.165, 1.54) is 29.7 Å². The van der Waals surface area contributed by atoms with Gasteiger partial charge >= 0.3 is 0 Å². The number of fused-ring (bicyclic) bond motifs is 1. The molecule has 0 spiro atoms. The maximum Gasteiger partial charge on any atom is 0.269 e. The largest absolute Gasteiger partial charge is 0.305 e. The molecule has 1 heterocycles. The third-order valence-corrected chi connectivity index (χ3v) is 4.43. The molecule has 1 amide bonds. The zero-order chi connectivity index (χ0) is 19.5. The Balaban J connectivity index is 1.48. The second-order valence-electron chi connectivity index (χ2n) is 6.29. The predicted octanol–water partition coefficient (Wildman–Crippen LogP) is 4.25. The van der Waals surface area contributed by atoms with Gasteiger partial charge in [-0.2, -0.15) is 5.10 Å². The third-order valence-electron chi connectivity index (χ3n) is 4.43. The molecule has 7 nitrogen and oxygen atoms in total. The number of carbonyl (C=O) groups is 1. The molecule has 0 radical (unpaired) electrons. The number of hydrogen-bond donors (Lipinski definition) is 1. The number of nitro groups is 1. The molecule has 1 aromatic heterocycles. The van der Waals surface area contributed by atoms with Gasteiger partial charge in [0.1, 0.15) is 0 Å². The van der Waals surface area contributed by atoms with Gasteiger partial charge in [-0.15, -0.1) is 0 Å². The molecular weight excluding hydrogens is 356 g/mol. The van der Waals surface area contributed by atoms with Gasteiger partial charge in [0.15, 0.2) is 5.82 Å². The lowest BCUT2D eigenvalue weighted by Gasteiger charge is -2.07. The minimum Gasteiger partial charge on any atom is -0.305 e. The van der Waals surface area contributed by atoms with Crippen molar-refractivity contribution >= 4 is 28.2 Å². The Morgan fingerprint density at radius 3 is 2.54 bits per heavy atom. The summed E-state index contributed by atoms with van der Waals surface area (Å²) >= 11 is 0. The van der Waals surface area contributed by atoms with E-state index < -0.39 is 4.92 Å². The number of rotatable bonds is 5. The molecule has 0 aliphatic carbocycles. The first kappa shape index (κ1) is 17.4. The van der Waals surface area contributed by atoms with Gasteiger partial charge in [0.05, 0.1) is 11.5 Å². The normalized spacial score (nSPS) is 10.7. The van der Waals surface area contributed by atoms with Crippen LogP contribution in [0, 0.1) is 10.1 Å². The highest BCUT2D eigenvalue weighted by Crippen LogP contribution is 2.20. The summed E-state index contributed by atoms with van der Waals surface area (Å²) in [6, 6.07) is 21.4. The third kappa shape index (κ3) is 3.59. The van der Waals surface area contributed by atoms with Gasteiger partial charge in [0, 0.05) is 30.0 Å². The van der Waals surface area contributed by atoms with Crippen molar-refractivity contribution in [1.29, 1.82) is 0 Å². The average molecular weight is 372 g/mol. The van der Waals surface area contributed by atoms with Crippen LogP contribution in [0.3, 0.4) is 0 Å². The van der Waals surface area contributed by atoms with Crippen molar-refractivity contribution in [1.82, 2.24) is 9.78 Å². The van der Waals surface area contributed by atoms with E-state index >= 15 is 0 Å². The molecule has 28 heavy (non-hydrogen) atoms. The summed E-state index contributed by atoms with van der Waals surface area (Å²) in [5.41, 5.74) is 1.40. The lowest BCUT2D eigenvalue weighted by Crippen LogP contribution is -2.13. The van der Waals surface area contributed by atoms with Crippen molar-refractivity contribution in [3.63, 3.8) is 0 Å². The van der Waals surface area contributed by atoms with Gasteiger partial charge in [-0.05, 0) is 28.5 Å². The summed E-state index contributed by atoms with van der Waals surface area (Å²) in [5.74, 6) is 0.0499. The molecule has 7 heteroatoms. The Morgan fingerprint density at radius 2 is 1.75 bits per heavy atom. The number of benzene rings is 3. The van der Waals surface area contributed by atoms with E-state index in [4.69, 9.17) is 0 Å². The first-order chi connectivity index (χ1) is 13.6. The van der Waals surface area contributed by atoms with E-state index in [-0.39, 0.29) is 11.6 Å². The van der Waals surface area contributed by atoms with E-state index in [0.29, 0.717) is 17.9 Å². The van der Waals surface area contributed by atoms with Gasteiger partial charge < -0.3 is 5.32 Å². The minimum atomic E-state index is -0.503. The number of carbonyl (C=O) groups excluding carboxylic acids is 1. The van der Waals surface area contributed by atoms with E-state index in [0.717, 1.165) is 10.9 Å². The van der Waals surface area contributed by atoms with Crippen LogP contribution in [0.15, 0.2) is 79.0 Å². The Kier molecular flexibility index (Phi) is 4.55. The quantitative estimate of drug-likeness (QED) is 0.419. The molecule has 0 bridgehead atoms. The van der Waals surface area contributed by atoms with Crippen LogP contribution in [0.1, 0.15) is 15.9 Å². The number of nitrogens with zero attached hydrogens (tertiary/aromatic N) is 3. The van der Waals surface area contributed by atoms with E-state index in [1.807, 2.05) is 18.2 Å². The van der Waals surface area contributed by atoms with Crippen LogP contribution in [-0.2, 0) is 6.54 Å². The highest BCUT2D eigenvalue weighted by molar-refractivity contribution is 6.03. The lowest BCUT2D eigenvalue weighted by molar-refractivity contribution is -0.384. The maximum atomic E-state index is 12.3. The Bertz CT molecular complexity index is 1160. The Morgan fingerprint density at radius 1 is 1.00 bits per heavy atom. The van der Waals surface area contributed by atoms with Crippen molar-refractivity contribution in [3.05, 3.63) is 100 Å². The fourth-order valence-corrected chi connectivity index (χ4v) is 3.04. The van der Waals surface area contributed by atoms with Crippen molar-refractivity contribution in [2.24, 2.45) is 0 Å². The van der Waals surface area contributed by atoms with Crippen molar-refractivity contribution in [2.45, 2.75) is 6.54 Å². The minimum absolute atomic E-state index is 0.0593. The van der Waals surface area contributed by atoms with Gasteiger partial charge in [-0.1, -0.05) is 42.5 Å². The van der Waals surface area contributed by atoms with Crippen LogP contribution < -0.4 is 5.32 Å². The molecule has 0 unspecified atom stereocenters. The second kappa shape index (κ2) is 7.32. The summed E-state index contributed by atoms with van der Waals surface area (Å²) in [7, 11) is 0. The predicted molar refractivity (Wildman–Crippen MR) is 106 cm³/mol. The van der Waals surface area contributed by atoms with Crippen LogP contribution in [0.25, 0.3) is 10.8 Å². The molecule has 4 rings (SSSR count). The Hall–Kier alpha value is -4.00. The first-order valence-electron chi connectivity index (χ1n) is 8.66. The number of hydrogen-bond acceptors (Lipinski definition) is 4. The molecular formula is C21H16N4O3. The summed E-state index contributed by atoms with van der Waals surface area (Å²) in [6.45, 7) is 0.578. The fourth-order valence-electron chi connectivity index (χ4n) is 3.04. The molecule has 0 aliphatic heterocycles. The lowest BCUT2D eigenvalue weighted by atomic mass is 10.0. The van der Waals surface area contributed by atoms with Crippen molar-refractivity contribution in [2.75, 3.05) is 5.32 Å². The number of nitro benzene ring substituents is 1. The molecule has 0 atom stereocenters. The number of aromatic nitrogens is 2. The molecule has 1 N–H and O–H groups in total. The molecule has 138 valence electrons. The number of non-ortho nitro benzene ring substituents is 1. The molecule has 0 saturated heterocycles. The monoisotopic (exact) mass is 372 g/mol. The standard InChI is InChI=1S/C21H16N4O3/c26-21(16-8-10-18(11-9-16)25(27)28)22-20-12-13-24(23-20)14-17-6-3-5-15-4-1-2-7-19(15)17/h1-13H,14H2,(H,22,23,26).